The predicted molar refractivity (Wildman–Crippen MR) is 119 cm³/mol. The molecule has 0 bridgehead atoms. The third kappa shape index (κ3) is 3.41. The molecule has 0 radical (unpaired) electrons. The largest absolute Gasteiger partial charge is 0.444 e. The van der Waals surface area contributed by atoms with Gasteiger partial charge < -0.3 is 9.64 Å². The van der Waals surface area contributed by atoms with Gasteiger partial charge in [-0.1, -0.05) is 30.3 Å². The zero-order chi connectivity index (χ0) is 23.5. The number of benzene rings is 2. The molecule has 7 heteroatoms. The number of hydrogen-bond acceptors (Lipinski definition) is 4. The molecule has 33 heavy (non-hydrogen) atoms. The number of imide groups is 1. The molecule has 1 saturated carbocycles. The van der Waals surface area contributed by atoms with Gasteiger partial charge >= 0.3 is 6.09 Å². The van der Waals surface area contributed by atoms with Crippen molar-refractivity contribution in [3.63, 3.8) is 0 Å². The first-order valence-electron chi connectivity index (χ1n) is 11.3. The van der Waals surface area contributed by atoms with Crippen LogP contribution >= 0.6 is 0 Å². The molecular formula is C26H27FN2O4. The molecule has 6 nitrogen and oxygen atoms in total. The number of rotatable bonds is 3. The Morgan fingerprint density at radius 2 is 1.64 bits per heavy atom. The van der Waals surface area contributed by atoms with Crippen molar-refractivity contribution in [2.45, 2.75) is 38.2 Å². The van der Waals surface area contributed by atoms with Crippen molar-refractivity contribution >= 4 is 17.9 Å². The van der Waals surface area contributed by atoms with E-state index in [4.69, 9.17) is 4.74 Å². The van der Waals surface area contributed by atoms with Crippen molar-refractivity contribution in [1.29, 1.82) is 0 Å². The smallest absolute Gasteiger partial charge is 0.410 e. The first kappa shape index (κ1) is 21.6. The number of halogens is 1. The molecule has 3 amide bonds. The summed E-state index contributed by atoms with van der Waals surface area (Å²) in [5.41, 5.74) is -0.0755. The molecule has 0 aromatic heterocycles. The van der Waals surface area contributed by atoms with Crippen molar-refractivity contribution in [3.05, 3.63) is 71.0 Å². The number of likely N-dealkylation sites (tertiary alicyclic amines) is 1. The van der Waals surface area contributed by atoms with Crippen molar-refractivity contribution in [2.75, 3.05) is 19.6 Å². The van der Waals surface area contributed by atoms with Gasteiger partial charge in [0.2, 0.25) is 0 Å². The number of fused-ring (bicyclic) bond motifs is 2. The standard InChI is InChI=1S/C26H27FN2O4/c1-25(2,3)33-24(32)28-13-12-18-20(14-28)26(18,19-10-6-7-11-21(19)27)15-29-22(30)16-8-4-5-9-17(16)23(29)31/h4-11,18,20H,12-15H2,1-3H3/t18-,20+,26-/m1/s1. The summed E-state index contributed by atoms with van der Waals surface area (Å²) in [6.07, 6.45) is 0.262. The maximum absolute atomic E-state index is 15.1. The van der Waals surface area contributed by atoms with E-state index in [1.807, 2.05) is 20.8 Å². The number of ether oxygens (including phenoxy) is 1. The lowest BCUT2D eigenvalue weighted by Gasteiger charge is -2.29. The van der Waals surface area contributed by atoms with Crippen LogP contribution in [-0.2, 0) is 10.2 Å². The Labute approximate surface area is 192 Å². The van der Waals surface area contributed by atoms with E-state index in [9.17, 15) is 14.4 Å². The molecule has 172 valence electrons. The molecule has 2 heterocycles. The van der Waals surface area contributed by atoms with Crippen LogP contribution in [0.15, 0.2) is 48.5 Å². The second-order valence-electron chi connectivity index (χ2n) is 10.2. The van der Waals surface area contributed by atoms with E-state index in [0.717, 1.165) is 0 Å². The Kier molecular flexibility index (Phi) is 4.85. The molecule has 2 aliphatic heterocycles. The molecule has 0 N–H and O–H groups in total. The first-order chi connectivity index (χ1) is 15.6. The van der Waals surface area contributed by atoms with Crippen molar-refractivity contribution in [2.24, 2.45) is 11.8 Å². The summed E-state index contributed by atoms with van der Waals surface area (Å²) < 4.78 is 20.6. The predicted octanol–water partition coefficient (Wildman–Crippen LogP) is 4.25. The van der Waals surface area contributed by atoms with E-state index in [1.54, 1.807) is 47.4 Å². The van der Waals surface area contributed by atoms with Gasteiger partial charge in [-0.05, 0) is 62.8 Å². The Bertz CT molecular complexity index is 1120. The van der Waals surface area contributed by atoms with Gasteiger partial charge in [-0.2, -0.15) is 0 Å². The minimum absolute atomic E-state index is 0.0670. The van der Waals surface area contributed by atoms with E-state index < -0.39 is 17.1 Å². The number of piperidine rings is 1. The van der Waals surface area contributed by atoms with E-state index in [0.29, 0.717) is 36.2 Å². The Balaban J connectivity index is 1.47. The molecule has 0 spiro atoms. The van der Waals surface area contributed by atoms with E-state index in [-0.39, 0.29) is 36.0 Å². The number of hydrogen-bond donors (Lipinski definition) is 0. The van der Waals surface area contributed by atoms with Crippen LogP contribution in [0.4, 0.5) is 9.18 Å². The van der Waals surface area contributed by atoms with Crippen LogP contribution in [0.3, 0.4) is 0 Å². The van der Waals surface area contributed by atoms with Gasteiger partial charge in [0.1, 0.15) is 11.4 Å². The van der Waals surface area contributed by atoms with Crippen LogP contribution in [0, 0.1) is 17.7 Å². The van der Waals surface area contributed by atoms with Crippen molar-refractivity contribution < 1.29 is 23.5 Å². The van der Waals surface area contributed by atoms with Crippen LogP contribution in [-0.4, -0.2) is 52.9 Å². The van der Waals surface area contributed by atoms with Crippen LogP contribution in [0.25, 0.3) is 0 Å². The van der Waals surface area contributed by atoms with Crippen LogP contribution in [0.5, 0.6) is 0 Å². The number of carbonyl (C=O) groups is 3. The number of nitrogens with zero attached hydrogens (tertiary/aromatic N) is 2. The second kappa shape index (κ2) is 7.40. The monoisotopic (exact) mass is 450 g/mol. The lowest BCUT2D eigenvalue weighted by molar-refractivity contribution is 0.0205. The first-order valence-corrected chi connectivity index (χ1v) is 11.3. The number of carbonyl (C=O) groups excluding carboxylic acids is 3. The normalized spacial score (nSPS) is 26.2. The zero-order valence-electron chi connectivity index (χ0n) is 19.0. The zero-order valence-corrected chi connectivity index (χ0v) is 19.0. The fraction of sp³-hybridized carbons (Fsp3) is 0.423. The van der Waals surface area contributed by atoms with E-state index in [2.05, 4.69) is 0 Å². The average molecular weight is 451 g/mol. The van der Waals surface area contributed by atoms with Gasteiger partial charge in [0.05, 0.1) is 11.1 Å². The third-order valence-electron chi connectivity index (χ3n) is 7.15. The minimum atomic E-state index is -0.727. The minimum Gasteiger partial charge on any atom is -0.444 e. The van der Waals surface area contributed by atoms with Gasteiger partial charge in [0, 0.05) is 25.0 Å². The van der Waals surface area contributed by atoms with Gasteiger partial charge in [-0.3, -0.25) is 14.5 Å². The topological polar surface area (TPSA) is 66.9 Å². The Morgan fingerprint density at radius 1 is 1.03 bits per heavy atom. The highest BCUT2D eigenvalue weighted by Gasteiger charge is 2.69. The van der Waals surface area contributed by atoms with Crippen molar-refractivity contribution in [1.82, 2.24) is 9.80 Å². The summed E-state index contributed by atoms with van der Waals surface area (Å²) in [6, 6.07) is 13.3. The van der Waals surface area contributed by atoms with Gasteiger partial charge in [0.15, 0.2) is 0 Å². The molecule has 3 aliphatic rings. The summed E-state index contributed by atoms with van der Waals surface area (Å²) >= 11 is 0. The highest BCUT2D eigenvalue weighted by molar-refractivity contribution is 6.21. The van der Waals surface area contributed by atoms with Gasteiger partial charge in [-0.25, -0.2) is 9.18 Å². The third-order valence-corrected chi connectivity index (χ3v) is 7.15. The van der Waals surface area contributed by atoms with Gasteiger partial charge in [-0.15, -0.1) is 0 Å². The summed E-state index contributed by atoms with van der Waals surface area (Å²) in [6.45, 7) is 6.45. The fourth-order valence-electron chi connectivity index (χ4n) is 5.67. The molecular weight excluding hydrogens is 423 g/mol. The molecule has 1 aliphatic carbocycles. The second-order valence-corrected chi connectivity index (χ2v) is 10.2. The lowest BCUT2D eigenvalue weighted by atomic mass is 9.89. The van der Waals surface area contributed by atoms with E-state index in [1.165, 1.54) is 11.0 Å². The van der Waals surface area contributed by atoms with Crippen LogP contribution in [0.2, 0.25) is 0 Å². The van der Waals surface area contributed by atoms with Crippen molar-refractivity contribution in [3.8, 4) is 0 Å². The summed E-state index contributed by atoms with van der Waals surface area (Å²) in [5, 5.41) is 0. The van der Waals surface area contributed by atoms with E-state index >= 15 is 4.39 Å². The maximum atomic E-state index is 15.1. The molecule has 3 atom stereocenters. The molecule has 2 fully saturated rings. The molecule has 2 aromatic rings. The Morgan fingerprint density at radius 3 is 2.24 bits per heavy atom. The highest BCUT2D eigenvalue weighted by atomic mass is 19.1. The Hall–Kier alpha value is -3.22. The summed E-state index contributed by atoms with van der Waals surface area (Å²) in [4.78, 5) is 41.8. The maximum Gasteiger partial charge on any atom is 0.410 e. The molecule has 2 aromatic carbocycles. The quantitative estimate of drug-likeness (QED) is 0.656. The van der Waals surface area contributed by atoms with Crippen LogP contribution < -0.4 is 0 Å². The average Bonchev–Trinajstić information content (AvgIpc) is 3.35. The highest BCUT2D eigenvalue weighted by Crippen LogP contribution is 2.64. The molecule has 0 unspecified atom stereocenters. The van der Waals surface area contributed by atoms with Crippen LogP contribution in [0.1, 0.15) is 53.5 Å². The summed E-state index contributed by atoms with van der Waals surface area (Å²) in [7, 11) is 0. The fourth-order valence-corrected chi connectivity index (χ4v) is 5.67. The summed E-state index contributed by atoms with van der Waals surface area (Å²) in [5.74, 6) is -1.05. The molecule has 1 saturated heterocycles. The molecule has 5 rings (SSSR count). The lowest BCUT2D eigenvalue weighted by Crippen LogP contribution is -2.41. The SMILES string of the molecule is CC(C)(C)OC(=O)N1CC[C@@H]2[C@H](C1)[C@@]2(CN1C(=O)c2ccccc2C1=O)c1ccccc1F. The number of amides is 3. The van der Waals surface area contributed by atoms with Gasteiger partial charge in [0.25, 0.3) is 11.8 Å².